The number of aliphatic hydroxyl groups is 6. The van der Waals surface area contributed by atoms with Crippen LogP contribution in [0.4, 0.5) is 0 Å². The Hall–Kier alpha value is -0.660. The zero-order valence-electron chi connectivity index (χ0n) is 42.5. The third kappa shape index (κ3) is 33.8. The number of rotatable bonds is 48. The summed E-state index contributed by atoms with van der Waals surface area (Å²) in [5, 5.41) is 64.4. The van der Waals surface area contributed by atoms with Gasteiger partial charge in [0.2, 0.25) is 5.91 Å². The number of hydrogen-bond donors (Lipinski definition) is 8. The molecule has 1 fully saturated rings. The van der Waals surface area contributed by atoms with Crippen molar-refractivity contribution < 1.29 is 53.9 Å². The highest BCUT2D eigenvalue weighted by Crippen LogP contribution is 2.47. The first-order valence-corrected chi connectivity index (χ1v) is 29.5. The van der Waals surface area contributed by atoms with E-state index in [2.05, 4.69) is 19.2 Å². The lowest BCUT2D eigenvalue weighted by atomic mass is 9.85. The lowest BCUT2D eigenvalue weighted by molar-refractivity contribution is -0.220. The number of amides is 1. The second-order valence-corrected chi connectivity index (χ2v) is 21.6. The van der Waals surface area contributed by atoms with E-state index in [1.54, 1.807) is 0 Å². The van der Waals surface area contributed by atoms with Crippen LogP contribution in [0, 0.1) is 0 Å². The van der Waals surface area contributed by atoms with Gasteiger partial charge in [0.05, 0.1) is 18.8 Å². The van der Waals surface area contributed by atoms with Gasteiger partial charge in [-0.1, -0.05) is 258 Å². The predicted molar refractivity (Wildman–Crippen MR) is 269 cm³/mol. The van der Waals surface area contributed by atoms with Crippen LogP contribution in [0.1, 0.15) is 277 Å². The molecule has 0 radical (unpaired) electrons. The van der Waals surface area contributed by atoms with Gasteiger partial charge in [0.15, 0.2) is 0 Å². The molecule has 0 saturated heterocycles. The van der Waals surface area contributed by atoms with E-state index in [1.165, 1.54) is 199 Å². The standard InChI is InChI=1S/C53H106NO11P/c1-3-5-7-9-11-13-15-17-19-21-22-23-24-25-27-29-31-33-35-37-39-41-43-47(56)54-45(44-64-66(62,63)65-53-51(60)49(58)48(57)50(59)52(53)61)46(55)42-40-38-36-34-32-30-28-26-20-18-16-14-12-10-8-6-4-2/h45-46,48-53,55,57-61H,3-44H2,1-2H3,(H,54,56)(H,62,63)/t45-,46+,48?,49+,50?,51?,52?,53?/m0/s1. The Morgan fingerprint density at radius 2 is 0.727 bits per heavy atom. The first-order chi connectivity index (χ1) is 31.9. The lowest BCUT2D eigenvalue weighted by Gasteiger charge is -2.41. The lowest BCUT2D eigenvalue weighted by Crippen LogP contribution is -2.64. The summed E-state index contributed by atoms with van der Waals surface area (Å²) in [5.74, 6) is -0.301. The molecule has 0 aromatic carbocycles. The number of carbonyl (C=O) groups excluding carboxylic acids is 1. The fourth-order valence-corrected chi connectivity index (χ4v) is 10.3. The van der Waals surface area contributed by atoms with Crippen molar-refractivity contribution in [3.8, 4) is 0 Å². The monoisotopic (exact) mass is 964 g/mol. The molecule has 1 aliphatic carbocycles. The van der Waals surface area contributed by atoms with Gasteiger partial charge in [-0.3, -0.25) is 13.8 Å². The highest BCUT2D eigenvalue weighted by atomic mass is 31.2. The first-order valence-electron chi connectivity index (χ1n) is 28.0. The minimum absolute atomic E-state index is 0.243. The van der Waals surface area contributed by atoms with E-state index < -0.39 is 63.2 Å². The highest BCUT2D eigenvalue weighted by Gasteiger charge is 2.51. The van der Waals surface area contributed by atoms with E-state index in [4.69, 9.17) is 9.05 Å². The van der Waals surface area contributed by atoms with Gasteiger partial charge in [0, 0.05) is 6.42 Å². The predicted octanol–water partition coefficient (Wildman–Crippen LogP) is 12.2. The molecule has 1 aliphatic rings. The summed E-state index contributed by atoms with van der Waals surface area (Å²) in [7, 11) is -5.06. The Balaban J connectivity index is 2.34. The zero-order chi connectivity index (χ0) is 48.5. The molecule has 8 N–H and O–H groups in total. The van der Waals surface area contributed by atoms with Crippen molar-refractivity contribution in [1.29, 1.82) is 0 Å². The Bertz CT molecular complexity index is 1120. The number of phosphoric ester groups is 1. The molecule has 9 atom stereocenters. The number of aliphatic hydroxyl groups excluding tert-OH is 6. The fraction of sp³-hybridized carbons (Fsp3) is 0.981. The Morgan fingerprint density at radius 3 is 1.05 bits per heavy atom. The second kappa shape index (κ2) is 43.2. The van der Waals surface area contributed by atoms with Gasteiger partial charge in [-0.15, -0.1) is 0 Å². The van der Waals surface area contributed by atoms with Gasteiger partial charge in [0.1, 0.15) is 36.6 Å². The van der Waals surface area contributed by atoms with Gasteiger partial charge >= 0.3 is 7.82 Å². The maximum absolute atomic E-state index is 13.0. The fourth-order valence-electron chi connectivity index (χ4n) is 9.38. The molecule has 0 heterocycles. The van der Waals surface area contributed by atoms with Gasteiger partial charge < -0.3 is 40.8 Å². The summed E-state index contributed by atoms with van der Waals surface area (Å²) in [6, 6.07) is -1.03. The van der Waals surface area contributed by atoms with Crippen molar-refractivity contribution in [3.05, 3.63) is 0 Å². The molecule has 66 heavy (non-hydrogen) atoms. The molecule has 394 valence electrons. The molecular weight excluding hydrogens is 858 g/mol. The van der Waals surface area contributed by atoms with E-state index in [0.717, 1.165) is 38.5 Å². The average Bonchev–Trinajstić information content (AvgIpc) is 3.30. The van der Waals surface area contributed by atoms with Gasteiger partial charge in [-0.2, -0.15) is 0 Å². The number of nitrogens with one attached hydrogen (secondary N) is 1. The van der Waals surface area contributed by atoms with Crippen LogP contribution in [0.15, 0.2) is 0 Å². The van der Waals surface area contributed by atoms with Crippen molar-refractivity contribution in [3.63, 3.8) is 0 Å². The van der Waals surface area contributed by atoms with E-state index in [9.17, 15) is 44.9 Å². The highest BCUT2D eigenvalue weighted by molar-refractivity contribution is 7.47. The molecule has 0 aromatic rings. The van der Waals surface area contributed by atoms with E-state index in [0.29, 0.717) is 19.3 Å². The van der Waals surface area contributed by atoms with Crippen molar-refractivity contribution in [2.75, 3.05) is 6.61 Å². The molecule has 0 aliphatic heterocycles. The summed E-state index contributed by atoms with van der Waals surface area (Å²) in [5.41, 5.74) is 0. The van der Waals surface area contributed by atoms with Crippen molar-refractivity contribution >= 4 is 13.7 Å². The Labute approximate surface area is 404 Å². The van der Waals surface area contributed by atoms with E-state index in [-0.39, 0.29) is 12.3 Å². The SMILES string of the molecule is CCCCCCCCCCCCCCCCCCCCCCCCC(=O)N[C@@H](COP(=O)(O)OC1C(O)C(O)C(O)[C@@H](O)C1O)[C@H](O)CCCCCCCCCCCCCCCCCCC. The van der Waals surface area contributed by atoms with Crippen LogP contribution in [0.2, 0.25) is 0 Å². The average molecular weight is 964 g/mol. The first kappa shape index (κ1) is 63.4. The van der Waals surface area contributed by atoms with Crippen molar-refractivity contribution in [2.45, 2.75) is 326 Å². The van der Waals surface area contributed by atoms with Crippen LogP contribution in [0.5, 0.6) is 0 Å². The van der Waals surface area contributed by atoms with Crippen molar-refractivity contribution in [1.82, 2.24) is 5.32 Å². The van der Waals surface area contributed by atoms with Crippen LogP contribution < -0.4 is 5.32 Å². The van der Waals surface area contributed by atoms with Gasteiger partial charge in [-0.25, -0.2) is 4.57 Å². The largest absolute Gasteiger partial charge is 0.472 e. The quantitative estimate of drug-likeness (QED) is 0.0213. The summed E-state index contributed by atoms with van der Waals surface area (Å²) >= 11 is 0. The molecule has 1 rings (SSSR count). The Kier molecular flexibility index (Phi) is 41.4. The molecule has 0 spiro atoms. The van der Waals surface area contributed by atoms with Crippen LogP contribution in [-0.2, 0) is 18.4 Å². The molecule has 0 bridgehead atoms. The molecule has 1 saturated carbocycles. The van der Waals surface area contributed by atoms with E-state index >= 15 is 0 Å². The van der Waals surface area contributed by atoms with Crippen LogP contribution in [0.3, 0.4) is 0 Å². The molecular formula is C53H106NO11P. The maximum atomic E-state index is 13.0. The maximum Gasteiger partial charge on any atom is 0.472 e. The summed E-state index contributed by atoms with van der Waals surface area (Å²) in [4.78, 5) is 23.5. The van der Waals surface area contributed by atoms with Crippen LogP contribution in [-0.4, -0.2) is 96.8 Å². The van der Waals surface area contributed by atoms with Crippen LogP contribution in [0.25, 0.3) is 0 Å². The smallest absolute Gasteiger partial charge is 0.391 e. The molecule has 13 heteroatoms. The number of carbonyl (C=O) groups is 1. The summed E-state index contributed by atoms with van der Waals surface area (Å²) in [6.45, 7) is 3.94. The van der Waals surface area contributed by atoms with E-state index in [1.807, 2.05) is 0 Å². The normalized spacial score (nSPS) is 21.8. The minimum Gasteiger partial charge on any atom is -0.391 e. The third-order valence-electron chi connectivity index (χ3n) is 13.9. The number of hydrogen-bond acceptors (Lipinski definition) is 10. The zero-order valence-corrected chi connectivity index (χ0v) is 43.4. The van der Waals surface area contributed by atoms with Gasteiger partial charge in [-0.05, 0) is 12.8 Å². The van der Waals surface area contributed by atoms with Crippen molar-refractivity contribution in [2.24, 2.45) is 0 Å². The Morgan fingerprint density at radius 1 is 0.455 bits per heavy atom. The molecule has 0 aromatic heterocycles. The third-order valence-corrected chi connectivity index (χ3v) is 14.9. The second-order valence-electron chi connectivity index (χ2n) is 20.1. The minimum atomic E-state index is -5.06. The summed E-state index contributed by atoms with van der Waals surface area (Å²) < 4.78 is 23.1. The molecule has 12 nitrogen and oxygen atoms in total. The van der Waals surface area contributed by atoms with Gasteiger partial charge in [0.25, 0.3) is 0 Å². The molecule has 1 amide bonds. The number of unbranched alkanes of at least 4 members (excludes halogenated alkanes) is 37. The van der Waals surface area contributed by atoms with Crippen LogP contribution >= 0.6 is 7.82 Å². The topological polar surface area (TPSA) is 206 Å². The summed E-state index contributed by atoms with van der Waals surface area (Å²) in [6.07, 6.45) is 37.0. The number of phosphoric acid groups is 1. The molecule has 6 unspecified atom stereocenters.